The van der Waals surface area contributed by atoms with Crippen LogP contribution in [0.2, 0.25) is 0 Å². The third kappa shape index (κ3) is 3.62. The van der Waals surface area contributed by atoms with E-state index in [-0.39, 0.29) is 11.5 Å². The molecule has 2 saturated carbocycles. The van der Waals surface area contributed by atoms with Crippen LogP contribution in [0.25, 0.3) is 5.57 Å². The highest BCUT2D eigenvalue weighted by atomic mass is 16.5. The number of aliphatic hydroxyl groups excluding tert-OH is 1. The Balaban J connectivity index is 1.55. The zero-order chi connectivity index (χ0) is 21.6. The summed E-state index contributed by atoms with van der Waals surface area (Å²) < 4.78 is 6.10. The minimum atomic E-state index is -0.152. The van der Waals surface area contributed by atoms with E-state index in [9.17, 15) is 5.11 Å². The maximum absolute atomic E-state index is 10.8. The SMILES string of the molecule is CN(C)CCOc1ccc2c(c1)C(c1ccccc1)=C[C@@H]1[C@@H]2CC[C@]2(C)[C@@H](O)CC[C@@H]12. The van der Waals surface area contributed by atoms with Crippen LogP contribution in [0.4, 0.5) is 0 Å². The Morgan fingerprint density at radius 1 is 1.06 bits per heavy atom. The van der Waals surface area contributed by atoms with Gasteiger partial charge in [-0.05, 0) is 97.3 Å². The fraction of sp³-hybridized carbons (Fsp3) is 0.500. The van der Waals surface area contributed by atoms with Gasteiger partial charge in [-0.2, -0.15) is 0 Å². The first-order valence-electron chi connectivity index (χ1n) is 11.8. The number of rotatable bonds is 5. The van der Waals surface area contributed by atoms with Crippen molar-refractivity contribution in [3.05, 3.63) is 71.3 Å². The van der Waals surface area contributed by atoms with Crippen LogP contribution in [0.3, 0.4) is 0 Å². The second-order valence-electron chi connectivity index (χ2n) is 10.3. The first-order valence-corrected chi connectivity index (χ1v) is 11.8. The van der Waals surface area contributed by atoms with Crippen LogP contribution in [-0.4, -0.2) is 43.4 Å². The molecule has 3 aliphatic rings. The van der Waals surface area contributed by atoms with Crippen molar-refractivity contribution in [3.63, 3.8) is 0 Å². The number of hydrogen-bond acceptors (Lipinski definition) is 3. The fourth-order valence-electron chi connectivity index (χ4n) is 6.44. The summed E-state index contributed by atoms with van der Waals surface area (Å²) in [6.45, 7) is 3.94. The Labute approximate surface area is 186 Å². The van der Waals surface area contributed by atoms with E-state index < -0.39 is 0 Å². The largest absolute Gasteiger partial charge is 0.492 e. The molecule has 0 aromatic heterocycles. The molecule has 2 aromatic carbocycles. The third-order valence-electron chi connectivity index (χ3n) is 8.25. The molecule has 0 heterocycles. The molecule has 2 fully saturated rings. The van der Waals surface area contributed by atoms with Gasteiger partial charge in [0.25, 0.3) is 0 Å². The van der Waals surface area contributed by atoms with E-state index in [1.54, 1.807) is 0 Å². The van der Waals surface area contributed by atoms with E-state index in [1.807, 2.05) is 0 Å². The van der Waals surface area contributed by atoms with Gasteiger partial charge in [-0.25, -0.2) is 0 Å². The van der Waals surface area contributed by atoms with Gasteiger partial charge in [0.15, 0.2) is 0 Å². The molecular weight excluding hydrogens is 382 g/mol. The van der Waals surface area contributed by atoms with Gasteiger partial charge in [-0.3, -0.25) is 0 Å². The number of hydrogen-bond donors (Lipinski definition) is 1. The molecule has 0 aliphatic heterocycles. The Bertz CT molecular complexity index is 966. The van der Waals surface area contributed by atoms with Gasteiger partial charge in [0.05, 0.1) is 6.10 Å². The van der Waals surface area contributed by atoms with Gasteiger partial charge in [-0.15, -0.1) is 0 Å². The molecule has 164 valence electrons. The Morgan fingerprint density at radius 3 is 2.65 bits per heavy atom. The molecular formula is C28H35NO2. The summed E-state index contributed by atoms with van der Waals surface area (Å²) in [5.74, 6) is 2.56. The van der Waals surface area contributed by atoms with E-state index in [4.69, 9.17) is 4.74 Å². The molecule has 1 N–H and O–H groups in total. The number of benzene rings is 2. The quantitative estimate of drug-likeness (QED) is 0.712. The molecule has 0 bridgehead atoms. The monoisotopic (exact) mass is 417 g/mol. The molecule has 5 rings (SSSR count). The lowest BCUT2D eigenvalue weighted by molar-refractivity contribution is -0.00806. The number of likely N-dealkylation sites (N-methyl/N-ethyl adjacent to an activating group) is 1. The number of allylic oxidation sites excluding steroid dienone is 1. The number of fused-ring (bicyclic) bond motifs is 5. The van der Waals surface area contributed by atoms with Crippen LogP contribution in [-0.2, 0) is 0 Å². The highest BCUT2D eigenvalue weighted by molar-refractivity contribution is 5.84. The van der Waals surface area contributed by atoms with Crippen molar-refractivity contribution in [1.29, 1.82) is 0 Å². The topological polar surface area (TPSA) is 32.7 Å². The molecule has 0 saturated heterocycles. The second-order valence-corrected chi connectivity index (χ2v) is 10.3. The third-order valence-corrected chi connectivity index (χ3v) is 8.25. The van der Waals surface area contributed by atoms with Crippen LogP contribution < -0.4 is 4.74 Å². The van der Waals surface area contributed by atoms with Crippen molar-refractivity contribution in [3.8, 4) is 5.75 Å². The summed E-state index contributed by atoms with van der Waals surface area (Å²) in [5, 5.41) is 10.8. The lowest BCUT2D eigenvalue weighted by atomic mass is 9.56. The Hall–Kier alpha value is -2.10. The molecule has 0 unspecified atom stereocenters. The predicted octanol–water partition coefficient (Wildman–Crippen LogP) is 5.34. The van der Waals surface area contributed by atoms with Gasteiger partial charge in [0.1, 0.15) is 12.4 Å². The van der Waals surface area contributed by atoms with E-state index in [1.165, 1.54) is 22.3 Å². The minimum Gasteiger partial charge on any atom is -0.492 e. The van der Waals surface area contributed by atoms with E-state index in [2.05, 4.69) is 80.5 Å². The van der Waals surface area contributed by atoms with Crippen molar-refractivity contribution < 1.29 is 9.84 Å². The van der Waals surface area contributed by atoms with Crippen LogP contribution in [0, 0.1) is 17.3 Å². The summed E-state index contributed by atoms with van der Waals surface area (Å²) in [4.78, 5) is 2.15. The molecule has 0 amide bonds. The Kier molecular flexibility index (Phi) is 5.44. The average Bonchev–Trinajstić information content (AvgIpc) is 3.08. The van der Waals surface area contributed by atoms with Gasteiger partial charge < -0.3 is 14.7 Å². The number of ether oxygens (including phenoxy) is 1. The van der Waals surface area contributed by atoms with Gasteiger partial charge in [-0.1, -0.05) is 49.4 Å². The minimum absolute atomic E-state index is 0.0617. The summed E-state index contributed by atoms with van der Waals surface area (Å²) >= 11 is 0. The zero-order valence-corrected chi connectivity index (χ0v) is 19.1. The number of aliphatic hydroxyl groups is 1. The molecule has 5 atom stereocenters. The molecule has 2 aromatic rings. The molecule has 3 aliphatic carbocycles. The number of nitrogens with zero attached hydrogens (tertiary/aromatic N) is 1. The summed E-state index contributed by atoms with van der Waals surface area (Å²) in [5.41, 5.74) is 5.47. The lowest BCUT2D eigenvalue weighted by Gasteiger charge is -2.49. The smallest absolute Gasteiger partial charge is 0.120 e. The van der Waals surface area contributed by atoms with Crippen molar-refractivity contribution >= 4 is 5.57 Å². The molecule has 3 nitrogen and oxygen atoms in total. The predicted molar refractivity (Wildman–Crippen MR) is 126 cm³/mol. The zero-order valence-electron chi connectivity index (χ0n) is 19.1. The summed E-state index contributed by atoms with van der Waals surface area (Å²) in [6.07, 6.45) is 6.76. The normalized spacial score (nSPS) is 31.6. The summed E-state index contributed by atoms with van der Waals surface area (Å²) in [7, 11) is 4.15. The van der Waals surface area contributed by atoms with Crippen LogP contribution >= 0.6 is 0 Å². The highest BCUT2D eigenvalue weighted by Crippen LogP contribution is 2.61. The van der Waals surface area contributed by atoms with Crippen molar-refractivity contribution in [1.82, 2.24) is 4.90 Å². The molecule has 0 spiro atoms. The first kappa shape index (κ1) is 20.8. The second kappa shape index (κ2) is 8.11. The average molecular weight is 418 g/mol. The van der Waals surface area contributed by atoms with E-state index >= 15 is 0 Å². The maximum Gasteiger partial charge on any atom is 0.120 e. The van der Waals surface area contributed by atoms with Crippen LogP contribution in [0.15, 0.2) is 54.6 Å². The van der Waals surface area contributed by atoms with Crippen LogP contribution in [0.5, 0.6) is 5.75 Å². The van der Waals surface area contributed by atoms with E-state index in [0.717, 1.165) is 38.0 Å². The van der Waals surface area contributed by atoms with Crippen molar-refractivity contribution in [2.45, 2.75) is 44.6 Å². The van der Waals surface area contributed by atoms with Gasteiger partial charge in [0, 0.05) is 6.54 Å². The Morgan fingerprint density at radius 2 is 1.87 bits per heavy atom. The first-order chi connectivity index (χ1) is 15.0. The fourth-order valence-corrected chi connectivity index (χ4v) is 6.44. The standard InChI is InChI=1S/C28H35NO2/c1-28-14-13-22-21-10-9-20(31-16-15-29(2)3)17-24(21)23(19-7-5-4-6-8-19)18-25(22)26(28)11-12-27(28)30/h4-10,17-18,22,25-27,30H,11-16H2,1-3H3/t22-,25-,26+,27+,28+/m1/s1. The maximum atomic E-state index is 10.8. The highest BCUT2D eigenvalue weighted by Gasteiger charge is 2.54. The molecule has 0 radical (unpaired) electrons. The lowest BCUT2D eigenvalue weighted by Crippen LogP contribution is -2.42. The molecule has 3 heteroatoms. The van der Waals surface area contributed by atoms with Crippen molar-refractivity contribution in [2.75, 3.05) is 27.2 Å². The van der Waals surface area contributed by atoms with Gasteiger partial charge in [0.2, 0.25) is 0 Å². The molecule has 31 heavy (non-hydrogen) atoms. The van der Waals surface area contributed by atoms with Gasteiger partial charge >= 0.3 is 0 Å². The van der Waals surface area contributed by atoms with E-state index in [0.29, 0.717) is 24.4 Å². The van der Waals surface area contributed by atoms with Crippen LogP contribution in [0.1, 0.15) is 55.2 Å². The van der Waals surface area contributed by atoms with Crippen molar-refractivity contribution in [2.24, 2.45) is 17.3 Å². The summed E-state index contributed by atoms with van der Waals surface area (Å²) in [6, 6.07) is 17.5.